The van der Waals surface area contributed by atoms with Gasteiger partial charge in [-0.2, -0.15) is 0 Å². The third-order valence-corrected chi connectivity index (χ3v) is 10.3. The van der Waals surface area contributed by atoms with E-state index in [9.17, 15) is 39.9 Å². The molecule has 12 nitrogen and oxygen atoms in total. The number of hydrogen-bond acceptors (Lipinski definition) is 12. The predicted octanol–water partition coefficient (Wildman–Crippen LogP) is 2.93. The Morgan fingerprint density at radius 2 is 1.74 bits per heavy atom. The number of benzene rings is 2. The van der Waals surface area contributed by atoms with Crippen molar-refractivity contribution in [3.05, 3.63) is 75.4 Å². The normalized spacial score (nSPS) is 27.3. The smallest absolute Gasteiger partial charge is 0.258 e. The lowest BCUT2D eigenvalue weighted by Gasteiger charge is -2.53. The quantitative estimate of drug-likeness (QED) is 0.159. The van der Waals surface area contributed by atoms with Crippen molar-refractivity contribution in [1.29, 1.82) is 0 Å². The van der Waals surface area contributed by atoms with Crippen molar-refractivity contribution in [1.82, 2.24) is 15.2 Å². The maximum atomic E-state index is 14.3. The van der Waals surface area contributed by atoms with Crippen LogP contribution in [0, 0.1) is 18.8 Å². The van der Waals surface area contributed by atoms with Gasteiger partial charge in [0.25, 0.3) is 5.91 Å². The molecular weight excluding hydrogens is 612 g/mol. The van der Waals surface area contributed by atoms with Crippen LogP contribution in [0.2, 0.25) is 0 Å². The van der Waals surface area contributed by atoms with Gasteiger partial charge in [-0.1, -0.05) is 43.3 Å². The van der Waals surface area contributed by atoms with Crippen LogP contribution in [0.3, 0.4) is 0 Å². The fourth-order valence-corrected chi connectivity index (χ4v) is 8.10. The average Bonchev–Trinajstić information content (AvgIpc) is 3.39. The Kier molecular flexibility index (Phi) is 7.55. The minimum Gasteiger partial charge on any atom is -0.508 e. The predicted molar refractivity (Wildman–Crippen MR) is 171 cm³/mol. The number of carbonyl (C=O) groups excluding carboxylic acids is 3. The van der Waals surface area contributed by atoms with Gasteiger partial charge in [0, 0.05) is 29.0 Å². The highest BCUT2D eigenvalue weighted by Crippen LogP contribution is 2.57. The number of aryl methyl sites for hydroxylation is 1. The van der Waals surface area contributed by atoms with Crippen LogP contribution in [0.25, 0.3) is 17.0 Å². The Balaban J connectivity index is 1.48. The summed E-state index contributed by atoms with van der Waals surface area (Å²) in [6, 6.07) is 11.5. The molecule has 1 fully saturated rings. The lowest BCUT2D eigenvalue weighted by Crippen LogP contribution is -2.70. The van der Waals surface area contributed by atoms with Crippen molar-refractivity contribution in [2.45, 2.75) is 37.5 Å². The SMILES string of the molecule is CNC(=O)C1=C(O)C2(O)C(=O)C3=C(O)c4c(ccc(Nc5nc(-c6ccccc6)c(C)s5)c4O)C(C)C3C(O)C2C(N(C)C)C1=O. The minimum absolute atomic E-state index is 0.0889. The zero-order valence-corrected chi connectivity index (χ0v) is 26.5. The third-order valence-electron chi connectivity index (χ3n) is 9.42. The zero-order chi connectivity index (χ0) is 33.4. The average molecular weight is 647 g/mol. The minimum atomic E-state index is -2.93. The number of phenolic OH excluding ortho intramolecular Hbond substituents is 1. The van der Waals surface area contributed by atoms with Gasteiger partial charge < -0.3 is 36.2 Å². The molecule has 1 aromatic heterocycles. The monoisotopic (exact) mass is 646 g/mol. The number of anilines is 2. The van der Waals surface area contributed by atoms with E-state index in [0.29, 0.717) is 10.7 Å². The molecule has 7 N–H and O–H groups in total. The number of carbonyl (C=O) groups is 3. The highest BCUT2D eigenvalue weighted by Gasteiger charge is 2.68. The molecule has 0 aliphatic heterocycles. The molecule has 3 aliphatic rings. The molecular formula is C33H34N4O8S. The fourth-order valence-electron chi connectivity index (χ4n) is 7.25. The second-order valence-corrected chi connectivity index (χ2v) is 13.3. The molecule has 3 aliphatic carbocycles. The van der Waals surface area contributed by atoms with E-state index in [1.165, 1.54) is 37.4 Å². The van der Waals surface area contributed by atoms with Crippen molar-refractivity contribution >= 4 is 45.4 Å². The molecule has 0 bridgehead atoms. The Labute approximate surface area is 268 Å². The number of thiazole rings is 1. The lowest BCUT2D eigenvalue weighted by molar-refractivity contribution is -0.169. The van der Waals surface area contributed by atoms with Crippen LogP contribution in [0.15, 0.2) is 59.4 Å². The summed E-state index contributed by atoms with van der Waals surface area (Å²) >= 11 is 1.36. The maximum absolute atomic E-state index is 14.3. The van der Waals surface area contributed by atoms with E-state index in [4.69, 9.17) is 0 Å². The number of Topliss-reactive ketones (excluding diaryl/α,β-unsaturated/α-hetero) is 2. The summed E-state index contributed by atoms with van der Waals surface area (Å²) in [6.45, 7) is 3.62. The molecule has 0 spiro atoms. The first kappa shape index (κ1) is 31.4. The van der Waals surface area contributed by atoms with Gasteiger partial charge in [-0.25, -0.2) is 4.98 Å². The standard InChI is InChI=1S/C33H34N4O8S/c1-13-16-11-12-17(35-32-36-23(14(2)46-32)15-9-7-6-8-10-15)25(38)19(16)26(39)20-18(13)27(40)22-24(37(4)5)28(41)21(31(44)34-3)30(43)33(22,45)29(20)42/h6-13,18,22,24,27,38-40,43,45H,1-5H3,(H,34,44)(H,35,36). The van der Waals surface area contributed by atoms with E-state index in [-0.39, 0.29) is 11.3 Å². The van der Waals surface area contributed by atoms with E-state index in [1.54, 1.807) is 19.1 Å². The number of aliphatic hydroxyl groups excluding tert-OH is 3. The first-order valence-electron chi connectivity index (χ1n) is 14.7. The molecule has 1 amide bonds. The Bertz CT molecular complexity index is 1870. The van der Waals surface area contributed by atoms with E-state index in [1.807, 2.05) is 37.3 Å². The number of amides is 1. The topological polar surface area (TPSA) is 193 Å². The largest absolute Gasteiger partial charge is 0.508 e. The zero-order valence-electron chi connectivity index (χ0n) is 25.7. The summed E-state index contributed by atoms with van der Waals surface area (Å²) in [6.07, 6.45) is -1.64. The van der Waals surface area contributed by atoms with E-state index < -0.39 is 81.4 Å². The van der Waals surface area contributed by atoms with Gasteiger partial charge in [-0.15, -0.1) is 11.3 Å². The van der Waals surface area contributed by atoms with Crippen LogP contribution in [0.5, 0.6) is 5.75 Å². The van der Waals surface area contributed by atoms with Crippen molar-refractivity contribution in [3.63, 3.8) is 0 Å². The number of likely N-dealkylation sites (N-methyl/N-ethyl adjacent to an activating group) is 2. The number of ketones is 2. The van der Waals surface area contributed by atoms with Crippen LogP contribution in [-0.2, 0) is 14.4 Å². The maximum Gasteiger partial charge on any atom is 0.258 e. The van der Waals surface area contributed by atoms with Gasteiger partial charge in [-0.05, 0) is 38.6 Å². The summed E-state index contributed by atoms with van der Waals surface area (Å²) < 4.78 is 0. The summed E-state index contributed by atoms with van der Waals surface area (Å²) in [7, 11) is 4.21. The highest BCUT2D eigenvalue weighted by atomic mass is 32.1. The lowest BCUT2D eigenvalue weighted by atomic mass is 9.54. The van der Waals surface area contributed by atoms with Gasteiger partial charge in [-0.3, -0.25) is 19.3 Å². The molecule has 0 saturated heterocycles. The van der Waals surface area contributed by atoms with Crippen LogP contribution in [0.1, 0.15) is 28.8 Å². The summed E-state index contributed by atoms with van der Waals surface area (Å²) in [5, 5.41) is 64.0. The van der Waals surface area contributed by atoms with Crippen LogP contribution < -0.4 is 10.6 Å². The van der Waals surface area contributed by atoms with Gasteiger partial charge >= 0.3 is 0 Å². The number of nitrogens with one attached hydrogen (secondary N) is 2. The Morgan fingerprint density at radius 1 is 1.07 bits per heavy atom. The highest BCUT2D eigenvalue weighted by molar-refractivity contribution is 7.16. The first-order valence-corrected chi connectivity index (χ1v) is 15.5. The number of rotatable bonds is 5. The molecule has 6 unspecified atom stereocenters. The molecule has 13 heteroatoms. The van der Waals surface area contributed by atoms with E-state index in [2.05, 4.69) is 15.6 Å². The summed E-state index contributed by atoms with van der Waals surface area (Å²) in [5.74, 6) is -8.75. The van der Waals surface area contributed by atoms with Crippen molar-refractivity contribution in [2.75, 3.05) is 26.5 Å². The van der Waals surface area contributed by atoms with Crippen LogP contribution in [-0.4, -0.2) is 91.8 Å². The van der Waals surface area contributed by atoms with Gasteiger partial charge in [0.2, 0.25) is 5.78 Å². The number of aromatic hydroxyl groups is 1. The van der Waals surface area contributed by atoms with Gasteiger partial charge in [0.1, 0.15) is 22.8 Å². The number of aromatic nitrogens is 1. The van der Waals surface area contributed by atoms with Crippen molar-refractivity contribution < 1.29 is 39.9 Å². The van der Waals surface area contributed by atoms with E-state index >= 15 is 0 Å². The molecule has 240 valence electrons. The number of phenols is 1. The van der Waals surface area contributed by atoms with Crippen molar-refractivity contribution in [3.8, 4) is 17.0 Å². The summed E-state index contributed by atoms with van der Waals surface area (Å²) in [5.41, 5.74) is -1.97. The second kappa shape index (κ2) is 11.1. The number of hydrogen-bond donors (Lipinski definition) is 7. The molecule has 1 heterocycles. The number of aliphatic hydroxyl groups is 4. The van der Waals surface area contributed by atoms with Crippen LogP contribution >= 0.6 is 11.3 Å². The molecule has 46 heavy (non-hydrogen) atoms. The Hall–Kier alpha value is -4.56. The molecule has 1 saturated carbocycles. The molecule has 0 radical (unpaired) electrons. The first-order chi connectivity index (χ1) is 21.7. The second-order valence-electron chi connectivity index (χ2n) is 12.1. The molecule has 6 atom stereocenters. The molecule has 2 aromatic carbocycles. The van der Waals surface area contributed by atoms with Gasteiger partial charge in [0.05, 0.1) is 35.0 Å². The fraction of sp³-hybridized carbons (Fsp3) is 0.333. The molecule has 3 aromatic rings. The number of nitrogens with zero attached hydrogens (tertiary/aromatic N) is 2. The molecule has 6 rings (SSSR count). The van der Waals surface area contributed by atoms with E-state index in [0.717, 1.165) is 16.1 Å². The Morgan fingerprint density at radius 3 is 2.37 bits per heavy atom. The van der Waals surface area contributed by atoms with Crippen LogP contribution in [0.4, 0.5) is 10.8 Å². The number of fused-ring (bicyclic) bond motifs is 3. The van der Waals surface area contributed by atoms with Crippen molar-refractivity contribution in [2.24, 2.45) is 11.8 Å². The summed E-state index contributed by atoms with van der Waals surface area (Å²) in [4.78, 5) is 47.5. The van der Waals surface area contributed by atoms with Gasteiger partial charge in [0.15, 0.2) is 16.5 Å². The third kappa shape index (κ3) is 4.30.